The molecular formula is C16H22N2O3S. The Morgan fingerprint density at radius 1 is 1.41 bits per heavy atom. The number of unbranched alkanes of at least 4 members (excludes halogenated alkanes) is 2. The van der Waals surface area contributed by atoms with Gasteiger partial charge in [-0.3, -0.25) is 9.36 Å². The summed E-state index contributed by atoms with van der Waals surface area (Å²) in [5.74, 6) is -0.385. The van der Waals surface area contributed by atoms with E-state index in [2.05, 4.69) is 11.9 Å². The highest BCUT2D eigenvalue weighted by Gasteiger charge is 2.20. The number of thiophene rings is 1. The van der Waals surface area contributed by atoms with Gasteiger partial charge in [-0.2, -0.15) is 0 Å². The van der Waals surface area contributed by atoms with E-state index >= 15 is 0 Å². The molecule has 0 spiro atoms. The fourth-order valence-corrected chi connectivity index (χ4v) is 3.27. The summed E-state index contributed by atoms with van der Waals surface area (Å²) in [6, 6.07) is -0.661. The van der Waals surface area contributed by atoms with E-state index in [4.69, 9.17) is 4.74 Å². The zero-order chi connectivity index (χ0) is 16.3. The SMILES string of the molecule is CCCCCOC(=O)[C@@H](C)n1cnc2sc(C)c(C)c2c1=O. The van der Waals surface area contributed by atoms with Crippen molar-refractivity contribution in [2.24, 2.45) is 0 Å². The molecule has 2 heterocycles. The molecule has 1 atom stereocenters. The monoisotopic (exact) mass is 322 g/mol. The Morgan fingerprint density at radius 2 is 2.14 bits per heavy atom. The van der Waals surface area contributed by atoms with Crippen LogP contribution in [-0.2, 0) is 9.53 Å². The van der Waals surface area contributed by atoms with Gasteiger partial charge in [0, 0.05) is 4.88 Å². The van der Waals surface area contributed by atoms with Crippen LogP contribution in [-0.4, -0.2) is 22.1 Å². The molecule has 0 radical (unpaired) electrons. The second-order valence-electron chi connectivity index (χ2n) is 5.47. The number of aryl methyl sites for hydroxylation is 2. The van der Waals surface area contributed by atoms with E-state index in [1.165, 1.54) is 22.2 Å². The fraction of sp³-hybridized carbons (Fsp3) is 0.562. The van der Waals surface area contributed by atoms with Crippen LogP contribution in [0.15, 0.2) is 11.1 Å². The van der Waals surface area contributed by atoms with Crippen LogP contribution in [0.2, 0.25) is 0 Å². The highest BCUT2D eigenvalue weighted by Crippen LogP contribution is 2.25. The number of hydrogen-bond acceptors (Lipinski definition) is 5. The van der Waals surface area contributed by atoms with Gasteiger partial charge in [-0.1, -0.05) is 19.8 Å². The van der Waals surface area contributed by atoms with Gasteiger partial charge in [0.2, 0.25) is 0 Å². The average molecular weight is 322 g/mol. The molecule has 0 saturated carbocycles. The molecule has 0 N–H and O–H groups in total. The number of hydrogen-bond donors (Lipinski definition) is 0. The molecule has 0 fully saturated rings. The van der Waals surface area contributed by atoms with E-state index in [9.17, 15) is 9.59 Å². The van der Waals surface area contributed by atoms with Gasteiger partial charge in [0.1, 0.15) is 10.9 Å². The summed E-state index contributed by atoms with van der Waals surface area (Å²) in [5.41, 5.74) is 0.764. The van der Waals surface area contributed by atoms with Crippen LogP contribution in [0.4, 0.5) is 0 Å². The second kappa shape index (κ2) is 7.05. The summed E-state index contributed by atoms with van der Waals surface area (Å²) >= 11 is 1.50. The molecule has 0 aliphatic rings. The Bertz CT molecular complexity index is 733. The average Bonchev–Trinajstić information content (AvgIpc) is 2.79. The topological polar surface area (TPSA) is 61.2 Å². The Morgan fingerprint density at radius 3 is 2.82 bits per heavy atom. The molecule has 120 valence electrons. The fourth-order valence-electron chi connectivity index (χ4n) is 2.28. The van der Waals surface area contributed by atoms with Crippen molar-refractivity contribution in [3.63, 3.8) is 0 Å². The molecule has 0 saturated heterocycles. The van der Waals surface area contributed by atoms with Crippen molar-refractivity contribution in [1.29, 1.82) is 0 Å². The zero-order valence-corrected chi connectivity index (χ0v) is 14.3. The van der Waals surface area contributed by atoms with Crippen LogP contribution in [0.3, 0.4) is 0 Å². The van der Waals surface area contributed by atoms with Gasteiger partial charge in [-0.05, 0) is 32.8 Å². The molecule has 0 aromatic carbocycles. The number of aromatic nitrogens is 2. The van der Waals surface area contributed by atoms with Crippen LogP contribution in [0.1, 0.15) is 49.6 Å². The molecule has 2 aromatic rings. The third-order valence-corrected chi connectivity index (χ3v) is 4.98. The number of ether oxygens (including phenoxy) is 1. The Labute approximate surface area is 133 Å². The van der Waals surface area contributed by atoms with Gasteiger partial charge in [0.05, 0.1) is 18.3 Å². The number of esters is 1. The van der Waals surface area contributed by atoms with Crippen molar-refractivity contribution >= 4 is 27.5 Å². The standard InChI is InChI=1S/C16H22N2O3S/c1-5-6-7-8-21-16(20)11(3)18-9-17-14-13(15(18)19)10(2)12(4)22-14/h9,11H,5-8H2,1-4H3/t11-/m1/s1. The second-order valence-corrected chi connectivity index (χ2v) is 6.67. The van der Waals surface area contributed by atoms with Gasteiger partial charge >= 0.3 is 5.97 Å². The normalized spacial score (nSPS) is 12.5. The number of rotatable bonds is 6. The molecule has 2 aromatic heterocycles. The van der Waals surface area contributed by atoms with Gasteiger partial charge < -0.3 is 4.74 Å². The predicted molar refractivity (Wildman–Crippen MR) is 88.5 cm³/mol. The number of carbonyl (C=O) groups excluding carboxylic acids is 1. The summed E-state index contributed by atoms with van der Waals surface area (Å²) in [6.45, 7) is 8.05. The lowest BCUT2D eigenvalue weighted by Gasteiger charge is -2.14. The highest BCUT2D eigenvalue weighted by atomic mass is 32.1. The summed E-state index contributed by atoms with van der Waals surface area (Å²) in [4.78, 5) is 30.8. The number of carbonyl (C=O) groups is 1. The summed E-state index contributed by atoms with van der Waals surface area (Å²) in [5, 5.41) is 0.607. The lowest BCUT2D eigenvalue weighted by molar-refractivity contribution is -0.147. The molecule has 0 aliphatic carbocycles. The third kappa shape index (κ3) is 3.21. The Hall–Kier alpha value is -1.69. The van der Waals surface area contributed by atoms with Crippen LogP contribution < -0.4 is 5.56 Å². The minimum absolute atomic E-state index is 0.176. The van der Waals surface area contributed by atoms with E-state index in [0.717, 1.165) is 34.5 Å². The smallest absolute Gasteiger partial charge is 0.328 e. The van der Waals surface area contributed by atoms with Crippen molar-refractivity contribution in [3.8, 4) is 0 Å². The largest absolute Gasteiger partial charge is 0.464 e. The van der Waals surface area contributed by atoms with E-state index in [1.54, 1.807) is 6.92 Å². The summed E-state index contributed by atoms with van der Waals surface area (Å²) in [7, 11) is 0. The first kappa shape index (κ1) is 16.7. The van der Waals surface area contributed by atoms with Crippen LogP contribution in [0, 0.1) is 13.8 Å². The lowest BCUT2D eigenvalue weighted by atomic mass is 10.2. The third-order valence-electron chi connectivity index (χ3n) is 3.87. The molecule has 6 heteroatoms. The van der Waals surface area contributed by atoms with E-state index in [0.29, 0.717) is 12.0 Å². The van der Waals surface area contributed by atoms with Crippen molar-refractivity contribution in [2.45, 2.75) is 53.0 Å². The molecule has 0 amide bonds. The summed E-state index contributed by atoms with van der Waals surface area (Å²) in [6.07, 6.45) is 4.40. The van der Waals surface area contributed by atoms with E-state index in [-0.39, 0.29) is 11.5 Å². The molecule has 0 aliphatic heterocycles. The molecule has 2 rings (SSSR count). The van der Waals surface area contributed by atoms with Crippen molar-refractivity contribution < 1.29 is 9.53 Å². The zero-order valence-electron chi connectivity index (χ0n) is 13.5. The maximum atomic E-state index is 12.6. The van der Waals surface area contributed by atoms with E-state index < -0.39 is 6.04 Å². The summed E-state index contributed by atoms with van der Waals surface area (Å²) < 4.78 is 6.60. The van der Waals surface area contributed by atoms with Crippen LogP contribution >= 0.6 is 11.3 Å². The van der Waals surface area contributed by atoms with Crippen molar-refractivity contribution in [3.05, 3.63) is 27.1 Å². The minimum Gasteiger partial charge on any atom is -0.464 e. The first-order chi connectivity index (χ1) is 10.5. The highest BCUT2D eigenvalue weighted by molar-refractivity contribution is 7.18. The predicted octanol–water partition coefficient (Wildman–Crippen LogP) is 3.37. The quantitative estimate of drug-likeness (QED) is 0.604. The Kier molecular flexibility index (Phi) is 5.34. The lowest BCUT2D eigenvalue weighted by Crippen LogP contribution is -2.29. The Balaban J connectivity index is 2.23. The number of fused-ring (bicyclic) bond motifs is 1. The number of nitrogens with zero attached hydrogens (tertiary/aromatic N) is 2. The molecule has 5 nitrogen and oxygen atoms in total. The van der Waals surface area contributed by atoms with Crippen molar-refractivity contribution in [2.75, 3.05) is 6.61 Å². The van der Waals surface area contributed by atoms with Crippen LogP contribution in [0.25, 0.3) is 10.2 Å². The van der Waals surface area contributed by atoms with Gasteiger partial charge in [0.25, 0.3) is 5.56 Å². The van der Waals surface area contributed by atoms with Crippen LogP contribution in [0.5, 0.6) is 0 Å². The minimum atomic E-state index is -0.661. The molecule has 22 heavy (non-hydrogen) atoms. The maximum absolute atomic E-state index is 12.6. The maximum Gasteiger partial charge on any atom is 0.328 e. The molecule has 0 bridgehead atoms. The van der Waals surface area contributed by atoms with Crippen molar-refractivity contribution in [1.82, 2.24) is 9.55 Å². The van der Waals surface area contributed by atoms with Gasteiger partial charge in [-0.25, -0.2) is 9.78 Å². The first-order valence-electron chi connectivity index (χ1n) is 7.60. The van der Waals surface area contributed by atoms with Gasteiger partial charge in [0.15, 0.2) is 0 Å². The van der Waals surface area contributed by atoms with E-state index in [1.807, 2.05) is 13.8 Å². The molecular weight excluding hydrogens is 300 g/mol. The van der Waals surface area contributed by atoms with Gasteiger partial charge in [-0.15, -0.1) is 11.3 Å². The first-order valence-corrected chi connectivity index (χ1v) is 8.42. The molecule has 0 unspecified atom stereocenters.